The standard InChI is InChI=1S/C13H18O4S/c1-3-12(14)13(15)8-9-18(16,17)11-6-4-10(2)5-7-11/h3-7,12-15H,1,8-9H2,2H3. The van der Waals surface area contributed by atoms with Crippen LogP contribution in [-0.4, -0.2) is 36.6 Å². The average Bonchev–Trinajstić information content (AvgIpc) is 2.35. The van der Waals surface area contributed by atoms with Gasteiger partial charge in [-0.3, -0.25) is 0 Å². The van der Waals surface area contributed by atoms with Crippen molar-refractivity contribution in [1.82, 2.24) is 0 Å². The van der Waals surface area contributed by atoms with Gasteiger partial charge in [-0.25, -0.2) is 8.42 Å². The molecule has 0 spiro atoms. The monoisotopic (exact) mass is 270 g/mol. The maximum atomic E-state index is 11.9. The second-order valence-electron chi connectivity index (χ2n) is 4.21. The van der Waals surface area contributed by atoms with E-state index < -0.39 is 22.0 Å². The van der Waals surface area contributed by atoms with Crippen LogP contribution in [-0.2, 0) is 9.84 Å². The van der Waals surface area contributed by atoms with Crippen molar-refractivity contribution >= 4 is 9.84 Å². The molecule has 18 heavy (non-hydrogen) atoms. The second-order valence-corrected chi connectivity index (χ2v) is 6.32. The summed E-state index contributed by atoms with van der Waals surface area (Å²) in [7, 11) is -3.42. The molecule has 1 aromatic carbocycles. The summed E-state index contributed by atoms with van der Waals surface area (Å²) in [5.74, 6) is -0.206. The molecule has 100 valence electrons. The topological polar surface area (TPSA) is 74.6 Å². The predicted octanol–water partition coefficient (Wildman–Crippen LogP) is 1.07. The summed E-state index contributed by atoms with van der Waals surface area (Å²) in [4.78, 5) is 0.230. The van der Waals surface area contributed by atoms with Crippen LogP contribution in [0.3, 0.4) is 0 Å². The first-order valence-electron chi connectivity index (χ1n) is 5.65. The van der Waals surface area contributed by atoms with Gasteiger partial charge in [0.05, 0.1) is 22.9 Å². The molecule has 0 radical (unpaired) electrons. The molecule has 2 N–H and O–H groups in total. The highest BCUT2D eigenvalue weighted by Gasteiger charge is 2.19. The van der Waals surface area contributed by atoms with Crippen molar-refractivity contribution in [3.05, 3.63) is 42.5 Å². The molecule has 1 rings (SSSR count). The molecule has 5 heteroatoms. The minimum Gasteiger partial charge on any atom is -0.390 e. The molecule has 0 bridgehead atoms. The molecule has 1 aromatic rings. The number of sulfone groups is 1. The van der Waals surface area contributed by atoms with E-state index >= 15 is 0 Å². The van der Waals surface area contributed by atoms with Crippen LogP contribution in [0.2, 0.25) is 0 Å². The molecular weight excluding hydrogens is 252 g/mol. The van der Waals surface area contributed by atoms with E-state index in [-0.39, 0.29) is 17.1 Å². The number of aryl methyl sites for hydroxylation is 1. The number of benzene rings is 1. The van der Waals surface area contributed by atoms with Crippen LogP contribution in [0, 0.1) is 6.92 Å². The van der Waals surface area contributed by atoms with Gasteiger partial charge >= 0.3 is 0 Å². The highest BCUT2D eigenvalue weighted by atomic mass is 32.2. The fourth-order valence-electron chi connectivity index (χ4n) is 1.47. The van der Waals surface area contributed by atoms with E-state index in [2.05, 4.69) is 6.58 Å². The Labute approximate surface area is 108 Å². The van der Waals surface area contributed by atoms with Gasteiger partial charge in [-0.2, -0.15) is 0 Å². The quantitative estimate of drug-likeness (QED) is 0.758. The molecule has 2 unspecified atom stereocenters. The van der Waals surface area contributed by atoms with Crippen LogP contribution in [0.15, 0.2) is 41.8 Å². The zero-order valence-corrected chi connectivity index (χ0v) is 11.1. The fourth-order valence-corrected chi connectivity index (χ4v) is 2.81. The number of aliphatic hydroxyl groups excluding tert-OH is 2. The minimum atomic E-state index is -3.42. The molecule has 2 atom stereocenters. The number of hydrogen-bond donors (Lipinski definition) is 2. The van der Waals surface area contributed by atoms with Crippen molar-refractivity contribution < 1.29 is 18.6 Å². The molecule has 0 fully saturated rings. The minimum absolute atomic E-state index is 0.0244. The van der Waals surface area contributed by atoms with Gasteiger partial charge in [0.2, 0.25) is 0 Å². The van der Waals surface area contributed by atoms with Crippen LogP contribution >= 0.6 is 0 Å². The maximum Gasteiger partial charge on any atom is 0.178 e. The lowest BCUT2D eigenvalue weighted by Gasteiger charge is -2.14. The summed E-state index contributed by atoms with van der Waals surface area (Å²) in [5, 5.41) is 18.8. The van der Waals surface area contributed by atoms with E-state index in [0.717, 1.165) is 5.56 Å². The largest absolute Gasteiger partial charge is 0.390 e. The Hall–Kier alpha value is -1.17. The summed E-state index contributed by atoms with van der Waals surface area (Å²) in [6, 6.07) is 6.53. The van der Waals surface area contributed by atoms with Crippen LogP contribution in [0.4, 0.5) is 0 Å². The summed E-state index contributed by atoms with van der Waals surface area (Å²) < 4.78 is 23.9. The fraction of sp³-hybridized carbons (Fsp3) is 0.385. The molecule has 0 heterocycles. The van der Waals surface area contributed by atoms with E-state index in [0.29, 0.717) is 0 Å². The third-order valence-electron chi connectivity index (χ3n) is 2.70. The summed E-state index contributed by atoms with van der Waals surface area (Å²) in [6.45, 7) is 5.21. The predicted molar refractivity (Wildman–Crippen MR) is 70.1 cm³/mol. The van der Waals surface area contributed by atoms with Crippen LogP contribution in [0.1, 0.15) is 12.0 Å². The van der Waals surface area contributed by atoms with Gasteiger partial charge in [0.25, 0.3) is 0 Å². The van der Waals surface area contributed by atoms with Gasteiger partial charge in [-0.05, 0) is 25.5 Å². The first kappa shape index (κ1) is 14.9. The van der Waals surface area contributed by atoms with Crippen LogP contribution in [0.5, 0.6) is 0 Å². The lowest BCUT2D eigenvalue weighted by Crippen LogP contribution is -2.26. The molecule has 0 amide bonds. The highest BCUT2D eigenvalue weighted by Crippen LogP contribution is 2.14. The van der Waals surface area contributed by atoms with E-state index in [9.17, 15) is 18.6 Å². The van der Waals surface area contributed by atoms with Crippen LogP contribution in [0.25, 0.3) is 0 Å². The van der Waals surface area contributed by atoms with Crippen molar-refractivity contribution in [3.63, 3.8) is 0 Å². The summed E-state index contributed by atoms with van der Waals surface area (Å²) in [6.07, 6.45) is -1.05. The third kappa shape index (κ3) is 3.94. The Balaban J connectivity index is 2.71. The molecule has 0 aromatic heterocycles. The van der Waals surface area contributed by atoms with E-state index in [1.807, 2.05) is 6.92 Å². The Morgan fingerprint density at radius 1 is 1.28 bits per heavy atom. The van der Waals surface area contributed by atoms with Crippen molar-refractivity contribution in [2.24, 2.45) is 0 Å². The van der Waals surface area contributed by atoms with Gasteiger partial charge < -0.3 is 10.2 Å². The Kier molecular flexibility index (Phi) is 5.07. The molecule has 0 aliphatic heterocycles. The Bertz CT molecular complexity index is 490. The maximum absolute atomic E-state index is 11.9. The third-order valence-corrected chi connectivity index (χ3v) is 4.46. The van der Waals surface area contributed by atoms with Crippen LogP contribution < -0.4 is 0 Å². The van der Waals surface area contributed by atoms with Gasteiger partial charge in [0, 0.05) is 0 Å². The zero-order chi connectivity index (χ0) is 13.8. The molecule has 0 saturated heterocycles. The molecule has 0 aliphatic carbocycles. The molecular formula is C13H18O4S. The lowest BCUT2D eigenvalue weighted by atomic mass is 10.1. The average molecular weight is 270 g/mol. The second kappa shape index (κ2) is 6.13. The zero-order valence-electron chi connectivity index (χ0n) is 10.3. The van der Waals surface area contributed by atoms with Crippen molar-refractivity contribution in [2.45, 2.75) is 30.4 Å². The Morgan fingerprint density at radius 3 is 2.33 bits per heavy atom. The number of hydrogen-bond acceptors (Lipinski definition) is 4. The Morgan fingerprint density at radius 2 is 1.83 bits per heavy atom. The summed E-state index contributed by atoms with van der Waals surface area (Å²) in [5.41, 5.74) is 0.982. The lowest BCUT2D eigenvalue weighted by molar-refractivity contribution is 0.0473. The van der Waals surface area contributed by atoms with Gasteiger partial charge in [0.15, 0.2) is 9.84 Å². The highest BCUT2D eigenvalue weighted by molar-refractivity contribution is 7.91. The first-order chi connectivity index (χ1) is 8.36. The van der Waals surface area contributed by atoms with E-state index in [1.54, 1.807) is 24.3 Å². The molecule has 4 nitrogen and oxygen atoms in total. The van der Waals surface area contributed by atoms with Gasteiger partial charge in [-0.1, -0.05) is 23.8 Å². The van der Waals surface area contributed by atoms with E-state index in [1.165, 1.54) is 6.08 Å². The first-order valence-corrected chi connectivity index (χ1v) is 7.30. The van der Waals surface area contributed by atoms with Crippen molar-refractivity contribution in [2.75, 3.05) is 5.75 Å². The molecule has 0 aliphatic rings. The van der Waals surface area contributed by atoms with Gasteiger partial charge in [-0.15, -0.1) is 6.58 Å². The SMILES string of the molecule is C=CC(O)C(O)CCS(=O)(=O)c1ccc(C)cc1. The smallest absolute Gasteiger partial charge is 0.178 e. The molecule has 0 saturated carbocycles. The number of rotatable bonds is 6. The van der Waals surface area contributed by atoms with Crippen molar-refractivity contribution in [3.8, 4) is 0 Å². The number of aliphatic hydroxyl groups is 2. The normalized spacial score (nSPS) is 15.1. The van der Waals surface area contributed by atoms with Gasteiger partial charge in [0.1, 0.15) is 0 Å². The summed E-state index contributed by atoms with van der Waals surface area (Å²) >= 11 is 0. The van der Waals surface area contributed by atoms with E-state index in [4.69, 9.17) is 0 Å². The van der Waals surface area contributed by atoms with Crippen molar-refractivity contribution in [1.29, 1.82) is 0 Å².